The van der Waals surface area contributed by atoms with E-state index in [9.17, 15) is 66.7 Å². The quantitative estimate of drug-likeness (QED) is 0.0124. The molecule has 3 aliphatic carbocycles. The number of ether oxygens (including phenoxy) is 7. The third-order valence-corrected chi connectivity index (χ3v) is 25.5. The van der Waals surface area contributed by atoms with E-state index in [2.05, 4.69) is 54.9 Å². The first-order valence-electron chi connectivity index (χ1n) is 46.4. The van der Waals surface area contributed by atoms with Crippen LogP contribution in [-0.2, 0) is 95.6 Å². The molecule has 0 radical (unpaired) electrons. The molecule has 2 saturated carbocycles. The van der Waals surface area contributed by atoms with Crippen LogP contribution in [0.25, 0.3) is 11.1 Å². The fourth-order valence-corrected chi connectivity index (χ4v) is 17.5. The van der Waals surface area contributed by atoms with E-state index in [1.54, 1.807) is 57.5 Å². The second-order valence-corrected chi connectivity index (χ2v) is 37.6. The molecule has 5 amide bonds. The molecule has 748 valence electrons. The Bertz CT molecular complexity index is 5010. The van der Waals surface area contributed by atoms with Gasteiger partial charge in [-0.05, 0) is 168 Å². The highest BCUT2D eigenvalue weighted by Crippen LogP contribution is 2.45. The summed E-state index contributed by atoms with van der Waals surface area (Å²) in [5, 5.41) is 29.3. The molecule has 7 N–H and O–H groups in total. The number of fused-ring (bicyclic) bond motifs is 3. The Balaban J connectivity index is 0.000000301. The first-order valence-corrected chi connectivity index (χ1v) is 48.2. The summed E-state index contributed by atoms with van der Waals surface area (Å²) in [5.74, 6) is -5.57. The van der Waals surface area contributed by atoms with Crippen molar-refractivity contribution < 1.29 is 110 Å². The minimum Gasteiger partial charge on any atom is -0.480 e. The zero-order chi connectivity index (χ0) is 102. The molecule has 32 nitrogen and oxygen atoms in total. The van der Waals surface area contributed by atoms with Gasteiger partial charge in [-0.3, -0.25) is 53.0 Å². The van der Waals surface area contributed by atoms with Gasteiger partial charge < -0.3 is 74.9 Å². The normalized spacial score (nSPS) is 16.7. The van der Waals surface area contributed by atoms with Gasteiger partial charge in [0.2, 0.25) is 5.91 Å². The number of likely N-dealkylation sites (N-methyl/N-ethyl adjacent to an activating group) is 3. The first kappa shape index (κ1) is 114. The van der Waals surface area contributed by atoms with Crippen molar-refractivity contribution in [3.05, 3.63) is 200 Å². The van der Waals surface area contributed by atoms with E-state index < -0.39 is 114 Å². The predicted octanol–water partition coefficient (Wildman–Crippen LogP) is 15.0. The molecule has 12 rings (SSSR count). The van der Waals surface area contributed by atoms with Crippen LogP contribution in [0.4, 0.5) is 14.0 Å². The number of benzene rings is 5. The number of aromatic nitrogens is 2. The van der Waals surface area contributed by atoms with Gasteiger partial charge in [-0.1, -0.05) is 194 Å². The fraction of sp³-hybridized carbons (Fsp3) is 0.520. The molecule has 2 aliphatic heterocycles. The number of halogens is 1. The van der Waals surface area contributed by atoms with Crippen molar-refractivity contribution >= 4 is 100 Å². The number of methoxy groups -OCH3 is 3. The summed E-state index contributed by atoms with van der Waals surface area (Å²) in [6.45, 7) is 23.4. The third kappa shape index (κ3) is 37.2. The average Bonchev–Trinajstić information content (AvgIpc) is 1.61. The molecule has 4 fully saturated rings. The number of carboxylic acids is 2. The van der Waals surface area contributed by atoms with Gasteiger partial charge >= 0.3 is 60.0 Å². The molecular formula is C102H139FN10O22S2. The highest BCUT2D eigenvalue weighted by atomic mass is 32.1. The number of thiazole rings is 2. The molecule has 7 aromatic rings. The van der Waals surface area contributed by atoms with Crippen LogP contribution < -0.4 is 21.7 Å². The Morgan fingerprint density at radius 2 is 0.912 bits per heavy atom. The van der Waals surface area contributed by atoms with Crippen LogP contribution in [0.5, 0.6) is 0 Å². The maximum Gasteiger partial charge on any atom is 0.410 e. The highest BCUT2D eigenvalue weighted by Gasteiger charge is 2.43. The van der Waals surface area contributed by atoms with Gasteiger partial charge in [0.05, 0.1) is 21.3 Å². The first-order chi connectivity index (χ1) is 65.0. The number of aliphatic carboxylic acids is 2. The lowest BCUT2D eigenvalue weighted by Gasteiger charge is -2.35. The number of carbonyl (C=O) groups excluding carboxylic acids is 11. The van der Waals surface area contributed by atoms with Gasteiger partial charge in [-0.2, -0.15) is 4.39 Å². The number of nitrogens with one attached hydrogen (secondary N) is 3. The maximum atomic E-state index is 14.2. The zero-order valence-corrected chi connectivity index (χ0v) is 83.8. The monoisotopic (exact) mass is 1940 g/mol. The summed E-state index contributed by atoms with van der Waals surface area (Å²) in [6, 6.07) is 38.7. The van der Waals surface area contributed by atoms with E-state index in [1.165, 1.54) is 40.1 Å². The molecule has 0 unspecified atom stereocenters. The van der Waals surface area contributed by atoms with Gasteiger partial charge in [-0.15, -0.1) is 22.7 Å². The molecule has 0 spiro atoms. The fourth-order valence-electron chi connectivity index (χ4n) is 15.8. The summed E-state index contributed by atoms with van der Waals surface area (Å²) >= 11 is 2.30. The van der Waals surface area contributed by atoms with E-state index >= 15 is 0 Å². The minimum absolute atomic E-state index is 0.00195. The van der Waals surface area contributed by atoms with Gasteiger partial charge in [0.1, 0.15) is 69.9 Å². The summed E-state index contributed by atoms with van der Waals surface area (Å²) in [5.41, 5.74) is 12.2. The van der Waals surface area contributed by atoms with Crippen molar-refractivity contribution in [1.82, 2.24) is 45.5 Å². The summed E-state index contributed by atoms with van der Waals surface area (Å²) in [4.78, 5) is 174. The number of nitrogens with two attached hydrogens (primary N) is 1. The maximum absolute atomic E-state index is 14.2. The van der Waals surface area contributed by atoms with E-state index in [4.69, 9.17) is 44.4 Å². The number of nitrogens with zero attached hydrogens (tertiary/aromatic N) is 6. The lowest BCUT2D eigenvalue weighted by atomic mass is 9.95. The molecule has 0 bridgehead atoms. The van der Waals surface area contributed by atoms with Crippen LogP contribution in [-0.4, -0.2) is 241 Å². The number of likely N-dealkylation sites (tertiary alicyclic amines) is 2. The lowest BCUT2D eigenvalue weighted by Crippen LogP contribution is -2.53. The third-order valence-electron chi connectivity index (χ3n) is 23.6. The van der Waals surface area contributed by atoms with Crippen molar-refractivity contribution in [2.75, 3.05) is 69.2 Å². The van der Waals surface area contributed by atoms with Crippen molar-refractivity contribution in [1.29, 1.82) is 0 Å². The standard InChI is InChI=1S/C43H48N4O8S.C28H39N3O7S.C10H13NO2.C7H13NO2.C6H9FO.C6H11NO2.C2H6/c1-25(2)36(22-37(55-26(3)48)40-45-35(24-56-40)39(49)44-34(42(51)53-5)21-27-13-7-6-8-14-27)47(4)41(50)38(28-19-20-28)46-43(52)54-23-33-31-17-11-9-15-29(31)30-16-10-12-18-32(30)33;1-17(2)22(31(7)27(35)38-28(4,5)6)15-23(37-18(3)32)25-30-21(16-39-25)24(33)29-20(26(34)36-8)14-19-12-10-9-11-13-19;1-13-10(12)9(11)7-8-5-3-2-4-6-8;1-8-5-3-2-4-6(8)7(9)10;1-4(6(7)8)5-2-3-5;1-7-4-2-3-5(7)6(8)9;1-2/h6-18,24-25,28,33-34,36-38H,19-23H2,1-5H3,(H,44,49)(H,46,52);9-13,16-17,20,22-23H,14-15H2,1-8H3,(H,29,33);2-6,9H,7,11H2,1H3;6H,2-5H2,1H3,(H,9,10);4-5H,2-3H2,1H3;5H,2-4H2,1H3,(H,8,9);1-2H3/t34-,36+,37+,38-;20-,22+,23+;9-;6-;4-;5-;/m000101./s1. The summed E-state index contributed by atoms with van der Waals surface area (Å²) in [6.07, 6.45) is 7.11. The number of esters is 5. The topological polar surface area (TPSA) is 428 Å². The minimum atomic E-state index is -1.15. The molecule has 5 aliphatic rings. The molecule has 137 heavy (non-hydrogen) atoms. The summed E-state index contributed by atoms with van der Waals surface area (Å²) < 4.78 is 48.7. The Morgan fingerprint density at radius 3 is 1.26 bits per heavy atom. The van der Waals surface area contributed by atoms with Gasteiger partial charge in [0, 0.05) is 88.3 Å². The van der Waals surface area contributed by atoms with E-state index in [1.807, 2.05) is 181 Å². The van der Waals surface area contributed by atoms with Crippen LogP contribution in [0.15, 0.2) is 150 Å². The Kier molecular flexibility index (Phi) is 47.1. The molecule has 2 aromatic heterocycles. The second kappa shape index (κ2) is 56.7. The molecule has 2 saturated heterocycles. The highest BCUT2D eigenvalue weighted by molar-refractivity contribution is 7.10. The van der Waals surface area contributed by atoms with Gasteiger partial charge in [-0.25, -0.2) is 29.1 Å². The van der Waals surface area contributed by atoms with E-state index in [0.717, 1.165) is 132 Å². The molecule has 11 atom stereocenters. The summed E-state index contributed by atoms with van der Waals surface area (Å²) in [7, 11) is 10.9. The number of rotatable bonds is 34. The van der Waals surface area contributed by atoms with Crippen LogP contribution in [0.3, 0.4) is 0 Å². The number of hydrogen-bond acceptors (Lipinski definition) is 27. The van der Waals surface area contributed by atoms with Crippen LogP contribution in [0.2, 0.25) is 0 Å². The molecule has 5 aromatic carbocycles. The average molecular weight is 1940 g/mol. The van der Waals surface area contributed by atoms with Crippen LogP contribution >= 0.6 is 22.7 Å². The Hall–Kier alpha value is -11.9. The largest absolute Gasteiger partial charge is 0.480 e. The lowest BCUT2D eigenvalue weighted by molar-refractivity contribution is -0.149. The number of carbonyl (C=O) groups is 13. The van der Waals surface area contributed by atoms with E-state index in [-0.39, 0.29) is 103 Å². The number of alkyl carbamates (subject to hydrolysis) is 1. The van der Waals surface area contributed by atoms with Crippen molar-refractivity contribution in [3.63, 3.8) is 0 Å². The van der Waals surface area contributed by atoms with Crippen LogP contribution in [0, 0.1) is 29.6 Å². The SMILES string of the molecule is CC.CN1CCCC[C@@H]1C(=O)O.CN1CCC[C@@H]1C(=O)O.COC(=O)[C@@H](N)Cc1ccccc1.COC(=O)[C@H](Cc1ccccc1)NC(=O)c1csc([C@@H](C[C@H](C(C)C)N(C)C(=O)OC(C)(C)C)OC(C)=O)n1.COC(=O)[C@H](Cc1ccccc1)NC(=O)c1csc([C@@H](C[C@H](C(C)C)N(C)C(=O)[C@@H](NC(=O)OCC2c3ccccc3-c3ccccc32)C2CC2)OC(C)=O)n1.C[C@H](C(=O)F)C1CC1. The Labute approximate surface area is 811 Å². The number of hydrogen-bond donors (Lipinski definition) is 6. The van der Waals surface area contributed by atoms with Gasteiger partial charge in [0.25, 0.3) is 11.8 Å². The zero-order valence-electron chi connectivity index (χ0n) is 82.2. The van der Waals surface area contributed by atoms with Crippen molar-refractivity contribution in [2.24, 2.45) is 35.3 Å². The second-order valence-electron chi connectivity index (χ2n) is 35.8. The number of piperidine rings is 1. The van der Waals surface area contributed by atoms with Crippen molar-refractivity contribution in [2.45, 2.75) is 245 Å². The smallest absolute Gasteiger partial charge is 0.410 e. The molecular weight excluding hydrogens is 1800 g/mol. The number of amides is 5. The number of carboxylic acid groups (broad SMARTS) is 2. The predicted molar refractivity (Wildman–Crippen MR) is 519 cm³/mol. The van der Waals surface area contributed by atoms with Crippen LogP contribution in [0.1, 0.15) is 231 Å². The molecule has 35 heteroatoms. The Morgan fingerprint density at radius 1 is 0.526 bits per heavy atom. The van der Waals surface area contributed by atoms with Gasteiger partial charge in [0.15, 0.2) is 12.2 Å². The van der Waals surface area contributed by atoms with Crippen molar-refractivity contribution in [3.8, 4) is 11.1 Å². The molecule has 4 heterocycles. The van der Waals surface area contributed by atoms with E-state index in [0.29, 0.717) is 22.4 Å².